The number of rotatable bonds is 0. The highest BCUT2D eigenvalue weighted by molar-refractivity contribution is 5.93. The summed E-state index contributed by atoms with van der Waals surface area (Å²) in [5, 5.41) is 7.39. The minimum atomic E-state index is 0.0138. The largest absolute Gasteiger partial charge is 0.368 e. The molecule has 3 nitrogen and oxygen atoms in total. The number of amidine groups is 1. The summed E-state index contributed by atoms with van der Waals surface area (Å²) in [6.45, 7) is 8.47. The van der Waals surface area contributed by atoms with Crippen LogP contribution in [0.2, 0.25) is 0 Å². The van der Waals surface area contributed by atoms with E-state index in [-0.39, 0.29) is 11.1 Å². The number of aryl methyl sites for hydroxylation is 1. The third-order valence-electron chi connectivity index (χ3n) is 4.22. The van der Waals surface area contributed by atoms with Crippen molar-refractivity contribution in [2.75, 3.05) is 13.1 Å². The molecule has 1 spiro atoms. The number of benzene rings is 1. The molecule has 0 aromatic heterocycles. The summed E-state index contributed by atoms with van der Waals surface area (Å²) in [5.41, 5.74) is 3.04. The van der Waals surface area contributed by atoms with Crippen LogP contribution in [-0.4, -0.2) is 30.0 Å². The standard InChI is InChI=1S/C17H25N3/c1-16(2,3)20-15-17(19-11-10-18-15)9-8-13-6-4-5-7-14(13)12-17/h4-7,19H,8-12H2,1-3H3,(H,18,20). The van der Waals surface area contributed by atoms with Crippen LogP contribution in [0.4, 0.5) is 0 Å². The van der Waals surface area contributed by atoms with Gasteiger partial charge in [-0.05, 0) is 51.2 Å². The lowest BCUT2D eigenvalue weighted by Gasteiger charge is -2.44. The van der Waals surface area contributed by atoms with E-state index in [1.807, 2.05) is 0 Å². The van der Waals surface area contributed by atoms with Crippen LogP contribution in [0, 0.1) is 0 Å². The van der Waals surface area contributed by atoms with Crippen molar-refractivity contribution in [1.29, 1.82) is 0 Å². The van der Waals surface area contributed by atoms with Crippen molar-refractivity contribution in [3.05, 3.63) is 35.4 Å². The van der Waals surface area contributed by atoms with Crippen LogP contribution >= 0.6 is 0 Å². The Hall–Kier alpha value is -1.35. The van der Waals surface area contributed by atoms with Crippen molar-refractivity contribution < 1.29 is 0 Å². The van der Waals surface area contributed by atoms with Crippen molar-refractivity contribution in [3.63, 3.8) is 0 Å². The zero-order chi connectivity index (χ0) is 14.2. The van der Waals surface area contributed by atoms with Crippen LogP contribution < -0.4 is 10.6 Å². The topological polar surface area (TPSA) is 36.4 Å². The Morgan fingerprint density at radius 3 is 2.70 bits per heavy atom. The van der Waals surface area contributed by atoms with Crippen LogP contribution in [0.1, 0.15) is 38.3 Å². The molecule has 1 heterocycles. The van der Waals surface area contributed by atoms with Crippen molar-refractivity contribution in [2.24, 2.45) is 4.99 Å². The van der Waals surface area contributed by atoms with Gasteiger partial charge < -0.3 is 10.6 Å². The minimum absolute atomic E-state index is 0.0138. The quantitative estimate of drug-likeness (QED) is 0.759. The van der Waals surface area contributed by atoms with E-state index in [0.717, 1.165) is 38.2 Å². The molecule has 108 valence electrons. The first kappa shape index (κ1) is 13.6. The van der Waals surface area contributed by atoms with E-state index in [4.69, 9.17) is 4.99 Å². The van der Waals surface area contributed by atoms with Crippen LogP contribution in [-0.2, 0) is 12.8 Å². The van der Waals surface area contributed by atoms with Gasteiger partial charge in [0, 0.05) is 12.1 Å². The van der Waals surface area contributed by atoms with Gasteiger partial charge in [0.15, 0.2) is 0 Å². The van der Waals surface area contributed by atoms with Gasteiger partial charge in [-0.2, -0.15) is 0 Å². The van der Waals surface area contributed by atoms with Gasteiger partial charge in [0.2, 0.25) is 0 Å². The smallest absolute Gasteiger partial charge is 0.118 e. The van der Waals surface area contributed by atoms with Gasteiger partial charge in [-0.15, -0.1) is 0 Å². The van der Waals surface area contributed by atoms with E-state index in [9.17, 15) is 0 Å². The molecule has 0 amide bonds. The Bertz CT molecular complexity index is 527. The third kappa shape index (κ3) is 2.59. The highest BCUT2D eigenvalue weighted by Crippen LogP contribution is 2.31. The molecule has 1 aliphatic heterocycles. The molecule has 1 aromatic carbocycles. The van der Waals surface area contributed by atoms with Crippen molar-refractivity contribution >= 4 is 5.84 Å². The van der Waals surface area contributed by atoms with E-state index in [2.05, 4.69) is 55.7 Å². The Labute approximate surface area is 121 Å². The molecule has 20 heavy (non-hydrogen) atoms. The number of hydrogen-bond acceptors (Lipinski definition) is 3. The molecule has 3 heteroatoms. The van der Waals surface area contributed by atoms with Gasteiger partial charge in [-0.3, -0.25) is 4.99 Å². The Morgan fingerprint density at radius 1 is 1.20 bits per heavy atom. The minimum Gasteiger partial charge on any atom is -0.368 e. The van der Waals surface area contributed by atoms with Crippen molar-refractivity contribution in [3.8, 4) is 0 Å². The van der Waals surface area contributed by atoms with E-state index >= 15 is 0 Å². The maximum Gasteiger partial charge on any atom is 0.118 e. The van der Waals surface area contributed by atoms with Gasteiger partial charge in [0.05, 0.1) is 12.1 Å². The molecular weight excluding hydrogens is 246 g/mol. The molecule has 2 N–H and O–H groups in total. The molecule has 0 bridgehead atoms. The van der Waals surface area contributed by atoms with Crippen LogP contribution in [0.25, 0.3) is 0 Å². The van der Waals surface area contributed by atoms with Gasteiger partial charge >= 0.3 is 0 Å². The van der Waals surface area contributed by atoms with E-state index in [1.165, 1.54) is 11.1 Å². The van der Waals surface area contributed by atoms with Crippen molar-refractivity contribution in [1.82, 2.24) is 10.6 Å². The van der Waals surface area contributed by atoms with Crippen LogP contribution in [0.3, 0.4) is 0 Å². The predicted molar refractivity (Wildman–Crippen MR) is 84.4 cm³/mol. The maximum atomic E-state index is 4.81. The first-order valence-electron chi connectivity index (χ1n) is 7.63. The zero-order valence-corrected chi connectivity index (χ0v) is 12.8. The predicted octanol–water partition coefficient (Wildman–Crippen LogP) is 2.30. The monoisotopic (exact) mass is 271 g/mol. The summed E-state index contributed by atoms with van der Waals surface area (Å²) < 4.78 is 0. The lowest BCUT2D eigenvalue weighted by molar-refractivity contribution is 0.349. The molecule has 3 rings (SSSR count). The summed E-state index contributed by atoms with van der Waals surface area (Å²) in [4.78, 5) is 4.81. The van der Waals surface area contributed by atoms with Crippen LogP contribution in [0.5, 0.6) is 0 Å². The molecule has 1 unspecified atom stereocenters. The highest BCUT2D eigenvalue weighted by Gasteiger charge is 2.41. The average Bonchev–Trinajstić information content (AvgIpc) is 2.40. The molecule has 0 radical (unpaired) electrons. The second-order valence-corrected chi connectivity index (χ2v) is 7.06. The fourth-order valence-electron chi connectivity index (χ4n) is 3.30. The fourth-order valence-corrected chi connectivity index (χ4v) is 3.30. The SMILES string of the molecule is CC(C)(C)NC1=NCCNC12CCc1ccccc1C2. The number of nitrogens with one attached hydrogen (secondary N) is 2. The maximum absolute atomic E-state index is 4.81. The lowest BCUT2D eigenvalue weighted by atomic mass is 9.76. The zero-order valence-electron chi connectivity index (χ0n) is 12.8. The summed E-state index contributed by atoms with van der Waals surface area (Å²) in [7, 11) is 0. The molecule has 1 atom stereocenters. The number of aliphatic imine (C=N–C) groups is 1. The second-order valence-electron chi connectivity index (χ2n) is 7.06. The van der Waals surface area contributed by atoms with E-state index < -0.39 is 0 Å². The number of fused-ring (bicyclic) bond motifs is 1. The molecule has 2 aliphatic rings. The first-order chi connectivity index (χ1) is 9.49. The van der Waals surface area contributed by atoms with E-state index in [0.29, 0.717) is 0 Å². The van der Waals surface area contributed by atoms with Crippen LogP contribution in [0.15, 0.2) is 29.3 Å². The number of hydrogen-bond donors (Lipinski definition) is 2. The second kappa shape index (κ2) is 4.88. The van der Waals surface area contributed by atoms with Gasteiger partial charge in [-0.1, -0.05) is 24.3 Å². The normalized spacial score (nSPS) is 26.1. The molecule has 0 fully saturated rings. The molecule has 1 aromatic rings. The van der Waals surface area contributed by atoms with Gasteiger partial charge in [-0.25, -0.2) is 0 Å². The summed E-state index contributed by atoms with van der Waals surface area (Å²) >= 11 is 0. The third-order valence-corrected chi connectivity index (χ3v) is 4.22. The lowest BCUT2D eigenvalue weighted by Crippen LogP contribution is -2.65. The number of nitrogens with zero attached hydrogens (tertiary/aromatic N) is 1. The first-order valence-corrected chi connectivity index (χ1v) is 7.63. The average molecular weight is 271 g/mol. The van der Waals surface area contributed by atoms with Gasteiger partial charge in [0.25, 0.3) is 0 Å². The highest BCUT2D eigenvalue weighted by atomic mass is 15.2. The van der Waals surface area contributed by atoms with Gasteiger partial charge in [0.1, 0.15) is 5.84 Å². The molecule has 0 saturated carbocycles. The summed E-state index contributed by atoms with van der Waals surface area (Å²) in [6.07, 6.45) is 3.31. The summed E-state index contributed by atoms with van der Waals surface area (Å²) in [6, 6.07) is 8.82. The molecule has 0 saturated heterocycles. The molecular formula is C17H25N3. The molecule has 1 aliphatic carbocycles. The fraction of sp³-hybridized carbons (Fsp3) is 0.588. The Kier molecular flexibility index (Phi) is 3.33. The van der Waals surface area contributed by atoms with Crippen molar-refractivity contribution in [2.45, 2.75) is 51.1 Å². The Balaban J connectivity index is 1.91. The Morgan fingerprint density at radius 2 is 1.95 bits per heavy atom. The summed E-state index contributed by atoms with van der Waals surface area (Å²) in [5.74, 6) is 1.16. The van der Waals surface area contributed by atoms with E-state index in [1.54, 1.807) is 0 Å².